The number of sulfonamides is 1. The highest BCUT2D eigenvalue weighted by molar-refractivity contribution is 7.92. The fraction of sp³-hybridized carbons (Fsp3) is 0.192. The number of hydrogen-bond acceptors (Lipinski definition) is 4. The minimum Gasteiger partial charge on any atom is -0.493 e. The van der Waals surface area contributed by atoms with E-state index in [4.69, 9.17) is 16.3 Å². The number of rotatable bonds is 10. The van der Waals surface area contributed by atoms with Crippen molar-refractivity contribution in [2.75, 3.05) is 10.9 Å². The van der Waals surface area contributed by atoms with E-state index in [1.165, 1.54) is 30.3 Å². The van der Waals surface area contributed by atoms with Crippen LogP contribution in [0.5, 0.6) is 5.75 Å². The lowest BCUT2D eigenvalue weighted by Crippen LogP contribution is -2.35. The maximum absolute atomic E-state index is 15.0. The van der Waals surface area contributed by atoms with Crippen LogP contribution in [0.3, 0.4) is 0 Å². The molecule has 36 heavy (non-hydrogen) atoms. The summed E-state index contributed by atoms with van der Waals surface area (Å²) in [5, 5.41) is 0.333. The standard InChI is InChI=1S/C26H24ClF2N3O3S/c1-19(22-6-2-3-9-25(22)35-17-5-15-31-16-14-30-18-31)32(26-23(28)7-4-8-24(26)29)36(33,34)21-12-10-20(27)11-13-21/h2-4,6-14,16,18-19H,5,15,17H2,1H3. The number of para-hydroxylation sites is 2. The van der Waals surface area contributed by atoms with E-state index in [1.54, 1.807) is 43.7 Å². The number of nitrogens with zero attached hydrogens (tertiary/aromatic N) is 3. The van der Waals surface area contributed by atoms with Crippen molar-refractivity contribution in [3.05, 3.63) is 108 Å². The van der Waals surface area contributed by atoms with Crippen LogP contribution in [0.4, 0.5) is 14.5 Å². The first kappa shape index (κ1) is 25.7. The summed E-state index contributed by atoms with van der Waals surface area (Å²) in [7, 11) is -4.41. The molecule has 10 heteroatoms. The molecule has 0 aliphatic heterocycles. The molecule has 6 nitrogen and oxygen atoms in total. The Hall–Kier alpha value is -3.43. The van der Waals surface area contributed by atoms with Gasteiger partial charge in [0, 0.05) is 29.5 Å². The van der Waals surface area contributed by atoms with Gasteiger partial charge in [-0.05, 0) is 55.8 Å². The Morgan fingerprint density at radius 2 is 1.72 bits per heavy atom. The summed E-state index contributed by atoms with van der Waals surface area (Å²) in [6.45, 7) is 2.60. The van der Waals surface area contributed by atoms with E-state index in [0.717, 1.165) is 16.4 Å². The summed E-state index contributed by atoms with van der Waals surface area (Å²) in [6, 6.07) is 14.5. The zero-order valence-electron chi connectivity index (χ0n) is 19.4. The highest BCUT2D eigenvalue weighted by Crippen LogP contribution is 2.39. The van der Waals surface area contributed by atoms with Crippen molar-refractivity contribution in [3.8, 4) is 5.75 Å². The van der Waals surface area contributed by atoms with Crippen molar-refractivity contribution in [2.24, 2.45) is 0 Å². The van der Waals surface area contributed by atoms with Gasteiger partial charge in [-0.2, -0.15) is 0 Å². The van der Waals surface area contributed by atoms with Crippen molar-refractivity contribution in [2.45, 2.75) is 30.8 Å². The van der Waals surface area contributed by atoms with Crippen LogP contribution < -0.4 is 9.04 Å². The molecule has 0 fully saturated rings. The number of imidazole rings is 1. The zero-order valence-corrected chi connectivity index (χ0v) is 21.0. The Balaban J connectivity index is 1.71. The fourth-order valence-corrected chi connectivity index (χ4v) is 5.65. The van der Waals surface area contributed by atoms with Gasteiger partial charge in [0.05, 0.1) is 23.9 Å². The third-order valence-electron chi connectivity index (χ3n) is 5.63. The molecule has 0 aliphatic rings. The highest BCUT2D eigenvalue weighted by Gasteiger charge is 2.35. The Morgan fingerprint density at radius 3 is 2.39 bits per heavy atom. The third-order valence-corrected chi connectivity index (χ3v) is 7.76. The van der Waals surface area contributed by atoms with E-state index >= 15 is 0 Å². The van der Waals surface area contributed by atoms with Gasteiger partial charge >= 0.3 is 0 Å². The van der Waals surface area contributed by atoms with Gasteiger partial charge in [0.1, 0.15) is 11.4 Å². The monoisotopic (exact) mass is 531 g/mol. The van der Waals surface area contributed by atoms with E-state index in [2.05, 4.69) is 4.98 Å². The van der Waals surface area contributed by atoms with Crippen LogP contribution >= 0.6 is 11.6 Å². The number of aryl methyl sites for hydroxylation is 1. The molecule has 3 aromatic carbocycles. The number of benzene rings is 3. The largest absolute Gasteiger partial charge is 0.493 e. The molecule has 1 heterocycles. The normalized spacial score (nSPS) is 12.3. The SMILES string of the molecule is CC(c1ccccc1OCCCn1ccnc1)N(c1c(F)cccc1F)S(=O)(=O)c1ccc(Cl)cc1. The molecule has 188 valence electrons. The summed E-state index contributed by atoms with van der Waals surface area (Å²) in [4.78, 5) is 3.85. The van der Waals surface area contributed by atoms with Crippen molar-refractivity contribution >= 4 is 27.3 Å². The minimum atomic E-state index is -4.41. The second-order valence-corrected chi connectivity index (χ2v) is 10.3. The molecular weight excluding hydrogens is 508 g/mol. The van der Waals surface area contributed by atoms with Crippen molar-refractivity contribution in [3.63, 3.8) is 0 Å². The van der Waals surface area contributed by atoms with Gasteiger partial charge < -0.3 is 9.30 Å². The van der Waals surface area contributed by atoms with E-state index in [-0.39, 0.29) is 4.90 Å². The van der Waals surface area contributed by atoms with Crippen LogP contribution in [0.2, 0.25) is 5.02 Å². The highest BCUT2D eigenvalue weighted by atomic mass is 35.5. The molecule has 0 saturated carbocycles. The molecule has 4 rings (SSSR count). The molecule has 0 amide bonds. The Morgan fingerprint density at radius 1 is 1.03 bits per heavy atom. The Kier molecular flexibility index (Phi) is 7.91. The lowest BCUT2D eigenvalue weighted by atomic mass is 10.1. The van der Waals surface area contributed by atoms with Crippen molar-refractivity contribution in [1.29, 1.82) is 0 Å². The average Bonchev–Trinajstić information content (AvgIpc) is 3.38. The molecule has 0 spiro atoms. The van der Waals surface area contributed by atoms with Gasteiger partial charge in [-0.25, -0.2) is 22.2 Å². The van der Waals surface area contributed by atoms with Crippen LogP contribution in [0, 0.1) is 11.6 Å². The van der Waals surface area contributed by atoms with Crippen LogP contribution in [-0.2, 0) is 16.6 Å². The number of ether oxygens (including phenoxy) is 1. The van der Waals surface area contributed by atoms with E-state index in [9.17, 15) is 17.2 Å². The van der Waals surface area contributed by atoms with E-state index < -0.39 is 33.4 Å². The zero-order chi connectivity index (χ0) is 25.7. The van der Waals surface area contributed by atoms with Crippen LogP contribution in [0.1, 0.15) is 24.9 Å². The van der Waals surface area contributed by atoms with E-state index in [0.29, 0.717) is 35.9 Å². The van der Waals surface area contributed by atoms with Gasteiger partial charge in [0.25, 0.3) is 10.0 Å². The molecular formula is C26H24ClF2N3O3S. The molecule has 1 atom stereocenters. The first-order valence-electron chi connectivity index (χ1n) is 11.2. The number of halogens is 3. The van der Waals surface area contributed by atoms with Gasteiger partial charge in [-0.3, -0.25) is 4.31 Å². The van der Waals surface area contributed by atoms with Gasteiger partial charge in [0.15, 0.2) is 11.6 Å². The molecule has 1 aromatic heterocycles. The van der Waals surface area contributed by atoms with E-state index in [1.807, 2.05) is 10.8 Å². The summed E-state index contributed by atoms with van der Waals surface area (Å²) in [6.07, 6.45) is 5.92. The molecule has 0 bridgehead atoms. The molecule has 0 N–H and O–H groups in total. The lowest BCUT2D eigenvalue weighted by molar-refractivity contribution is 0.297. The maximum Gasteiger partial charge on any atom is 0.265 e. The third kappa shape index (κ3) is 5.52. The topological polar surface area (TPSA) is 64.4 Å². The predicted octanol–water partition coefficient (Wildman–Crippen LogP) is 6.24. The number of aromatic nitrogens is 2. The first-order chi connectivity index (χ1) is 17.3. The van der Waals surface area contributed by atoms with Crippen molar-refractivity contribution in [1.82, 2.24) is 9.55 Å². The second kappa shape index (κ2) is 11.1. The molecule has 0 aliphatic carbocycles. The molecule has 0 radical (unpaired) electrons. The second-order valence-electron chi connectivity index (χ2n) is 8.04. The molecule has 0 saturated heterocycles. The molecule has 4 aromatic rings. The average molecular weight is 532 g/mol. The smallest absolute Gasteiger partial charge is 0.265 e. The summed E-state index contributed by atoms with van der Waals surface area (Å²) in [5.74, 6) is -1.58. The summed E-state index contributed by atoms with van der Waals surface area (Å²) in [5.41, 5.74) is -0.213. The molecule has 1 unspecified atom stereocenters. The quantitative estimate of drug-likeness (QED) is 0.227. The predicted molar refractivity (Wildman–Crippen MR) is 135 cm³/mol. The summed E-state index contributed by atoms with van der Waals surface area (Å²) >= 11 is 5.93. The Bertz CT molecular complexity index is 1390. The minimum absolute atomic E-state index is 0.153. The van der Waals surface area contributed by atoms with Gasteiger partial charge in [-0.1, -0.05) is 35.9 Å². The maximum atomic E-state index is 15.0. The van der Waals surface area contributed by atoms with Gasteiger partial charge in [-0.15, -0.1) is 0 Å². The van der Waals surface area contributed by atoms with Crippen LogP contribution in [0.25, 0.3) is 0 Å². The van der Waals surface area contributed by atoms with Crippen molar-refractivity contribution < 1.29 is 21.9 Å². The van der Waals surface area contributed by atoms with Crippen LogP contribution in [-0.4, -0.2) is 24.6 Å². The fourth-order valence-electron chi connectivity index (χ4n) is 3.87. The summed E-state index contributed by atoms with van der Waals surface area (Å²) < 4.78 is 66.1. The van der Waals surface area contributed by atoms with Gasteiger partial charge in [0.2, 0.25) is 0 Å². The lowest BCUT2D eigenvalue weighted by Gasteiger charge is -2.32. The number of hydrogen-bond donors (Lipinski definition) is 0. The van der Waals surface area contributed by atoms with Crippen LogP contribution in [0.15, 0.2) is 90.3 Å². The number of anilines is 1. The Labute approximate surface area is 213 Å². The first-order valence-corrected chi connectivity index (χ1v) is 13.0.